The number of carbonyl (C=O) groups excluding carboxylic acids is 1. The second-order valence-corrected chi connectivity index (χ2v) is 6.49. The number of rotatable bonds is 4. The summed E-state index contributed by atoms with van der Waals surface area (Å²) in [5.41, 5.74) is 2.20. The molecule has 0 unspecified atom stereocenters. The molecular formula is C18H18ClCuNO3S. The summed E-state index contributed by atoms with van der Waals surface area (Å²) in [5.74, 6) is -0.385. The van der Waals surface area contributed by atoms with Gasteiger partial charge in [-0.25, -0.2) is 9.79 Å². The number of hydrogen-bond acceptors (Lipinski definition) is 5. The van der Waals surface area contributed by atoms with Crippen LogP contribution in [0.15, 0.2) is 29.3 Å². The predicted octanol–water partition coefficient (Wildman–Crippen LogP) is 4.31. The first-order chi connectivity index (χ1) is 12.2. The number of aryl methyl sites for hydroxylation is 1. The van der Waals surface area contributed by atoms with Gasteiger partial charge in [-0.3, -0.25) is 0 Å². The van der Waals surface area contributed by atoms with Crippen LogP contribution < -0.4 is 5.11 Å². The van der Waals surface area contributed by atoms with Gasteiger partial charge in [-0.15, -0.1) is 17.1 Å². The number of aliphatic imine (C=N–C) groups is 1. The first-order valence-corrected chi connectivity index (χ1v) is 10.0. The van der Waals surface area contributed by atoms with Gasteiger partial charge in [0.2, 0.25) is 0 Å². The second kappa shape index (κ2) is 9.97. The van der Waals surface area contributed by atoms with Crippen LogP contribution >= 0.6 is 21.4 Å². The van der Waals surface area contributed by atoms with E-state index in [1.54, 1.807) is 42.7 Å². The molecule has 1 aromatic carbocycles. The molecule has 25 heavy (non-hydrogen) atoms. The van der Waals surface area contributed by atoms with Crippen molar-refractivity contribution >= 4 is 38.6 Å². The number of fused-ring (bicyclic) bond motifs is 1. The molecule has 3 rings (SSSR count). The Morgan fingerprint density at radius 1 is 1.36 bits per heavy atom. The normalized spacial score (nSPS) is 13.1. The van der Waals surface area contributed by atoms with E-state index in [2.05, 4.69) is 30.2 Å². The fourth-order valence-electron chi connectivity index (χ4n) is 2.77. The van der Waals surface area contributed by atoms with Gasteiger partial charge in [0.25, 0.3) is 0 Å². The predicted molar refractivity (Wildman–Crippen MR) is 95.9 cm³/mol. The zero-order valence-corrected chi connectivity index (χ0v) is 16.2. The van der Waals surface area contributed by atoms with Crippen molar-refractivity contribution in [3.63, 3.8) is 0 Å². The van der Waals surface area contributed by atoms with Gasteiger partial charge >= 0.3 is 31.2 Å². The summed E-state index contributed by atoms with van der Waals surface area (Å²) in [6, 6.07) is 6.73. The summed E-state index contributed by atoms with van der Waals surface area (Å²) < 4.78 is 5.20. The summed E-state index contributed by atoms with van der Waals surface area (Å²) in [4.78, 5) is 18.0. The third-order valence-corrected chi connectivity index (χ3v) is 5.07. The van der Waals surface area contributed by atoms with Crippen LogP contribution in [-0.2, 0) is 32.7 Å². The summed E-state index contributed by atoms with van der Waals surface area (Å²) in [6.45, 7) is 2.14. The number of thiophene rings is 1. The van der Waals surface area contributed by atoms with Crippen molar-refractivity contribution in [3.8, 4) is 5.75 Å². The molecule has 0 N–H and O–H groups in total. The molecule has 0 atom stereocenters. The average Bonchev–Trinajstić information content (AvgIpc) is 3.01. The van der Waals surface area contributed by atoms with Crippen LogP contribution in [0.5, 0.6) is 5.75 Å². The number of halogens is 1. The van der Waals surface area contributed by atoms with E-state index in [0.29, 0.717) is 22.7 Å². The van der Waals surface area contributed by atoms with E-state index in [1.165, 1.54) is 10.9 Å². The SMILES string of the molecule is CCOC(=O)c1c(/N=C/c2ccccc2[O-])sc2c1CCCC2.[Cl][Cu+]. The third-order valence-electron chi connectivity index (χ3n) is 3.87. The van der Waals surface area contributed by atoms with Crippen molar-refractivity contribution < 1.29 is 29.7 Å². The Balaban J connectivity index is 0.00000109. The van der Waals surface area contributed by atoms with E-state index >= 15 is 0 Å². The molecule has 7 heteroatoms. The van der Waals surface area contributed by atoms with Crippen LogP contribution in [0.25, 0.3) is 0 Å². The number of esters is 1. The van der Waals surface area contributed by atoms with E-state index in [9.17, 15) is 9.90 Å². The molecule has 0 fully saturated rings. The molecule has 0 bridgehead atoms. The second-order valence-electron chi connectivity index (χ2n) is 5.41. The van der Waals surface area contributed by atoms with Crippen LogP contribution in [0.4, 0.5) is 5.00 Å². The molecular weight excluding hydrogens is 409 g/mol. The Morgan fingerprint density at radius 2 is 2.08 bits per heavy atom. The molecule has 2 aromatic rings. The number of carbonyl (C=O) groups is 1. The van der Waals surface area contributed by atoms with E-state index in [4.69, 9.17) is 4.74 Å². The van der Waals surface area contributed by atoms with Gasteiger partial charge in [0.1, 0.15) is 5.00 Å². The molecule has 0 saturated carbocycles. The van der Waals surface area contributed by atoms with Gasteiger partial charge in [0, 0.05) is 11.1 Å². The van der Waals surface area contributed by atoms with Crippen molar-refractivity contribution in [2.24, 2.45) is 4.99 Å². The van der Waals surface area contributed by atoms with Crippen molar-refractivity contribution in [2.45, 2.75) is 32.6 Å². The summed E-state index contributed by atoms with van der Waals surface area (Å²) in [5, 5.41) is 12.4. The van der Waals surface area contributed by atoms with Crippen LogP contribution in [0, 0.1) is 0 Å². The monoisotopic (exact) mass is 426 g/mol. The first kappa shape index (κ1) is 20.0. The summed E-state index contributed by atoms with van der Waals surface area (Å²) in [7, 11) is 4.20. The molecule has 1 aliphatic carbocycles. The Kier molecular flexibility index (Phi) is 7.97. The number of hydrogen-bond donors (Lipinski definition) is 0. The quantitative estimate of drug-likeness (QED) is 0.415. The van der Waals surface area contributed by atoms with Gasteiger partial charge in [-0.2, -0.15) is 0 Å². The van der Waals surface area contributed by atoms with Crippen molar-refractivity contribution in [2.75, 3.05) is 6.61 Å². The number of nitrogens with zero attached hydrogens (tertiary/aromatic N) is 1. The molecule has 0 spiro atoms. The first-order valence-electron chi connectivity index (χ1n) is 7.94. The minimum atomic E-state index is -0.311. The Labute approximate surface area is 163 Å². The van der Waals surface area contributed by atoms with Gasteiger partial charge in [0.05, 0.1) is 12.2 Å². The van der Waals surface area contributed by atoms with Crippen LogP contribution in [-0.4, -0.2) is 18.8 Å². The molecule has 137 valence electrons. The molecule has 4 nitrogen and oxygen atoms in total. The third kappa shape index (κ3) is 4.85. The van der Waals surface area contributed by atoms with E-state index in [-0.39, 0.29) is 11.7 Å². The van der Waals surface area contributed by atoms with Crippen molar-refractivity contribution in [1.82, 2.24) is 0 Å². The average molecular weight is 427 g/mol. The Bertz CT molecular complexity index is 761. The van der Waals surface area contributed by atoms with Crippen LogP contribution in [0.2, 0.25) is 0 Å². The molecule has 1 aromatic heterocycles. The molecule has 0 amide bonds. The molecule has 0 aliphatic heterocycles. The number of ether oxygens (including phenoxy) is 1. The maximum atomic E-state index is 12.3. The summed E-state index contributed by atoms with van der Waals surface area (Å²) >= 11 is 5.20. The fourth-order valence-corrected chi connectivity index (χ4v) is 3.99. The van der Waals surface area contributed by atoms with Crippen molar-refractivity contribution in [3.05, 3.63) is 45.8 Å². The van der Waals surface area contributed by atoms with Crippen molar-refractivity contribution in [1.29, 1.82) is 0 Å². The fraction of sp³-hybridized carbons (Fsp3) is 0.333. The Hall–Kier alpha value is -1.33. The van der Waals surface area contributed by atoms with Gasteiger partial charge in [-0.05, 0) is 43.7 Å². The minimum absolute atomic E-state index is 0.0738. The molecule has 1 aliphatic rings. The maximum absolute atomic E-state index is 12.3. The zero-order valence-electron chi connectivity index (χ0n) is 13.7. The standard InChI is InChI=1S/C18H19NO3S.ClH.Cu/c1-2-22-18(21)16-13-8-4-6-10-15(13)23-17(16)19-11-12-7-3-5-9-14(12)20;;/h3,5,7,9,11,20H,2,4,6,8,10H2,1H3;1H;/q;;+2/p-2/b19-11+;;. The zero-order chi connectivity index (χ0) is 18.2. The van der Waals surface area contributed by atoms with E-state index < -0.39 is 0 Å². The van der Waals surface area contributed by atoms with Crippen LogP contribution in [0.1, 0.15) is 46.1 Å². The van der Waals surface area contributed by atoms with E-state index in [0.717, 1.165) is 31.2 Å². The molecule has 0 radical (unpaired) electrons. The Morgan fingerprint density at radius 3 is 2.80 bits per heavy atom. The van der Waals surface area contributed by atoms with Gasteiger partial charge < -0.3 is 9.84 Å². The van der Waals surface area contributed by atoms with E-state index in [1.807, 2.05) is 0 Å². The molecule has 1 heterocycles. The van der Waals surface area contributed by atoms with Gasteiger partial charge in [0.15, 0.2) is 0 Å². The molecule has 0 saturated heterocycles. The van der Waals surface area contributed by atoms with Crippen LogP contribution in [0.3, 0.4) is 0 Å². The van der Waals surface area contributed by atoms with Gasteiger partial charge in [-0.1, -0.05) is 24.3 Å². The number of benzene rings is 1. The number of para-hydroxylation sites is 1. The summed E-state index contributed by atoms with van der Waals surface area (Å²) in [6.07, 6.45) is 5.65. The topological polar surface area (TPSA) is 61.7 Å².